The van der Waals surface area contributed by atoms with E-state index in [0.717, 1.165) is 0 Å². The summed E-state index contributed by atoms with van der Waals surface area (Å²) >= 11 is 4.81. The van der Waals surface area contributed by atoms with Gasteiger partial charge in [-0.3, -0.25) is 0 Å². The van der Waals surface area contributed by atoms with Crippen molar-refractivity contribution < 1.29 is 19.3 Å². The normalized spacial score (nSPS) is 13.5. The molecule has 70 valence electrons. The van der Waals surface area contributed by atoms with Crippen molar-refractivity contribution in [1.82, 2.24) is 0 Å². The first-order valence-electron chi connectivity index (χ1n) is 2.68. The van der Waals surface area contributed by atoms with E-state index in [1.165, 1.54) is 6.08 Å². The maximum absolute atomic E-state index is 10.2. The number of amides is 1. The predicted octanol–water partition coefficient (Wildman–Crippen LogP) is 0.536. The summed E-state index contributed by atoms with van der Waals surface area (Å²) in [7, 11) is 0. The third-order valence-electron chi connectivity index (χ3n) is 0.666. The molecule has 5 nitrogen and oxygen atoms in total. The highest BCUT2D eigenvalue weighted by molar-refractivity contribution is 8.67. The number of hydrogen-bond donors (Lipinski definition) is 3. The molecule has 0 aliphatic rings. The van der Waals surface area contributed by atoms with Crippen molar-refractivity contribution in [2.45, 2.75) is 5.44 Å². The van der Waals surface area contributed by atoms with Crippen molar-refractivity contribution in [3.63, 3.8) is 0 Å². The zero-order chi connectivity index (χ0) is 9.78. The highest BCUT2D eigenvalue weighted by Crippen LogP contribution is 2.53. The van der Waals surface area contributed by atoms with Crippen LogP contribution < -0.4 is 5.73 Å². The van der Waals surface area contributed by atoms with Gasteiger partial charge in [0.25, 0.3) is 0 Å². The summed E-state index contributed by atoms with van der Waals surface area (Å²) in [5.41, 5.74) is 0.318. The minimum absolute atomic E-state index is 0.526. The quantitative estimate of drug-likeness (QED) is 0.370. The van der Waals surface area contributed by atoms with E-state index < -0.39 is 17.2 Å². The van der Waals surface area contributed by atoms with Gasteiger partial charge in [0, 0.05) is 0 Å². The molecule has 0 aromatic heterocycles. The van der Waals surface area contributed by atoms with Gasteiger partial charge < -0.3 is 20.3 Å². The van der Waals surface area contributed by atoms with Crippen molar-refractivity contribution in [2.75, 3.05) is 0 Å². The van der Waals surface area contributed by atoms with Crippen LogP contribution in [0.5, 0.6) is 0 Å². The fourth-order valence-electron chi connectivity index (χ4n) is 0.362. The summed E-state index contributed by atoms with van der Waals surface area (Å²) in [6, 6.07) is 0. The second-order valence-corrected chi connectivity index (χ2v) is 7.67. The van der Waals surface area contributed by atoms with Crippen LogP contribution in [0.15, 0.2) is 12.7 Å². The summed E-state index contributed by atoms with van der Waals surface area (Å²) in [4.78, 5) is 27.8. The van der Waals surface area contributed by atoms with Gasteiger partial charge in [-0.2, -0.15) is 0 Å². The number of carbonyl (C=O) groups excluding carboxylic acids is 1. The molecule has 1 amide bonds. The van der Waals surface area contributed by atoms with Crippen LogP contribution in [0.2, 0.25) is 0 Å². The zero-order valence-electron chi connectivity index (χ0n) is 5.91. The van der Waals surface area contributed by atoms with Crippen LogP contribution in [0.1, 0.15) is 0 Å². The molecule has 0 spiro atoms. The average Bonchev–Trinajstić information content (AvgIpc) is 1.82. The highest BCUT2D eigenvalue weighted by atomic mass is 32.9. The Morgan fingerprint density at radius 1 is 1.83 bits per heavy atom. The van der Waals surface area contributed by atoms with E-state index in [1.807, 2.05) is 0 Å². The number of nitrogens with two attached hydrogens (primary N) is 1. The van der Waals surface area contributed by atoms with Gasteiger partial charge in [0.05, 0.1) is 0 Å². The van der Waals surface area contributed by atoms with Crippen LogP contribution in [-0.4, -0.2) is 21.3 Å². The van der Waals surface area contributed by atoms with E-state index in [0.29, 0.717) is 11.4 Å². The summed E-state index contributed by atoms with van der Waals surface area (Å²) < 4.78 is 4.40. The van der Waals surface area contributed by atoms with E-state index in [4.69, 9.17) is 9.79 Å². The first kappa shape index (κ1) is 11.9. The van der Waals surface area contributed by atoms with Gasteiger partial charge in [-0.15, -0.1) is 0 Å². The third kappa shape index (κ3) is 6.63. The molecule has 1 atom stereocenters. The third-order valence-corrected chi connectivity index (χ3v) is 3.66. The molecule has 1 unspecified atom stereocenters. The van der Waals surface area contributed by atoms with Crippen LogP contribution in [0.4, 0.5) is 4.79 Å². The Labute approximate surface area is 78.5 Å². The van der Waals surface area contributed by atoms with Crippen molar-refractivity contribution in [3.8, 4) is 0 Å². The van der Waals surface area contributed by atoms with Crippen molar-refractivity contribution in [2.24, 2.45) is 5.73 Å². The molecule has 0 saturated carbocycles. The molecule has 0 fully saturated rings. The van der Waals surface area contributed by atoms with E-state index in [2.05, 4.69) is 28.9 Å². The molecule has 8 heteroatoms. The molecule has 0 aliphatic heterocycles. The summed E-state index contributed by atoms with van der Waals surface area (Å²) in [5, 5.41) is 0. The minimum atomic E-state index is -3.45. The number of primary amides is 1. The molecule has 0 saturated heterocycles. The van der Waals surface area contributed by atoms with Gasteiger partial charge in [-0.25, -0.2) is 4.79 Å². The van der Waals surface area contributed by atoms with Crippen molar-refractivity contribution in [3.05, 3.63) is 12.7 Å². The van der Waals surface area contributed by atoms with Gasteiger partial charge in [0.2, 0.25) is 5.69 Å². The number of hydrogen-bond acceptors (Lipinski definition) is 4. The Morgan fingerprint density at radius 3 is 2.58 bits per heavy atom. The first-order valence-corrected chi connectivity index (χ1v) is 6.87. The number of carbonyl (C=O) groups is 1. The maximum atomic E-state index is 10.2. The lowest BCUT2D eigenvalue weighted by Crippen LogP contribution is -2.18. The summed E-state index contributed by atoms with van der Waals surface area (Å²) in [5.74, 6) is 0. The second kappa shape index (κ2) is 4.84. The van der Waals surface area contributed by atoms with Crippen LogP contribution >= 0.6 is 17.1 Å². The Morgan fingerprint density at radius 2 is 2.33 bits per heavy atom. The highest BCUT2D eigenvalue weighted by Gasteiger charge is 2.18. The Bertz CT molecular complexity index is 227. The molecular formula is C4H8NO4PS2. The van der Waals surface area contributed by atoms with Gasteiger partial charge >= 0.3 is 6.09 Å². The Balaban J connectivity index is 4.10. The SMILES string of the molecule is C=CC(OC(N)=O)SP(O)(O)=S. The molecule has 0 heterocycles. The molecule has 0 radical (unpaired) electrons. The van der Waals surface area contributed by atoms with E-state index >= 15 is 0 Å². The largest absolute Gasteiger partial charge is 0.430 e. The van der Waals surface area contributed by atoms with Gasteiger partial charge in [-0.05, 0) is 29.3 Å². The smallest absolute Gasteiger partial charge is 0.405 e. The zero-order valence-corrected chi connectivity index (χ0v) is 8.44. The summed E-state index contributed by atoms with van der Waals surface area (Å²) in [6.45, 7) is 3.29. The van der Waals surface area contributed by atoms with Gasteiger partial charge in [-0.1, -0.05) is 6.58 Å². The Hall–Kier alpha value is -0.0700. The lowest BCUT2D eigenvalue weighted by Gasteiger charge is -2.13. The van der Waals surface area contributed by atoms with Crippen molar-refractivity contribution in [1.29, 1.82) is 0 Å². The van der Waals surface area contributed by atoms with E-state index in [1.54, 1.807) is 0 Å². The monoisotopic (exact) mass is 229 g/mol. The minimum Gasteiger partial charge on any atom is -0.430 e. The van der Waals surface area contributed by atoms with Gasteiger partial charge in [0.1, 0.15) is 0 Å². The molecule has 0 bridgehead atoms. The predicted molar refractivity (Wildman–Crippen MR) is 51.0 cm³/mol. The van der Waals surface area contributed by atoms with Crippen LogP contribution in [-0.2, 0) is 16.5 Å². The average molecular weight is 229 g/mol. The van der Waals surface area contributed by atoms with Crippen LogP contribution in [0.3, 0.4) is 0 Å². The van der Waals surface area contributed by atoms with Gasteiger partial charge in [0.15, 0.2) is 5.44 Å². The summed E-state index contributed by atoms with van der Waals surface area (Å²) in [6.07, 6.45) is 0.180. The standard InChI is InChI=1S/C4H8NO4PS2/c1-2-3(9-4(5)6)12-10(7,8)11/h2-3H,1H2,(H2,5,6)(H2,7,8,11). The van der Waals surface area contributed by atoms with Crippen LogP contribution in [0.25, 0.3) is 0 Å². The Kier molecular flexibility index (Phi) is 4.81. The molecule has 0 rings (SSSR count). The number of rotatable bonds is 4. The molecule has 12 heavy (non-hydrogen) atoms. The molecule has 0 aromatic carbocycles. The van der Waals surface area contributed by atoms with E-state index in [9.17, 15) is 4.79 Å². The topological polar surface area (TPSA) is 92.8 Å². The lowest BCUT2D eigenvalue weighted by molar-refractivity contribution is 0.160. The second-order valence-electron chi connectivity index (χ2n) is 1.64. The lowest BCUT2D eigenvalue weighted by atomic mass is 10.7. The first-order chi connectivity index (χ1) is 5.35. The van der Waals surface area contributed by atoms with E-state index in [-0.39, 0.29) is 0 Å². The van der Waals surface area contributed by atoms with Crippen molar-refractivity contribution >= 4 is 35.0 Å². The molecule has 4 N–H and O–H groups in total. The maximum Gasteiger partial charge on any atom is 0.405 e. The fourth-order valence-corrected chi connectivity index (χ4v) is 2.82. The fraction of sp³-hybridized carbons (Fsp3) is 0.250. The van der Waals surface area contributed by atoms with Crippen LogP contribution in [0, 0.1) is 0 Å². The number of ether oxygens (including phenoxy) is 1. The molecule has 0 aliphatic carbocycles. The molecule has 0 aromatic rings. The molecular weight excluding hydrogens is 221 g/mol.